The Hall–Kier alpha value is -3.41. The maximum atomic E-state index is 13.4. The number of Topliss-reactive ketones (excluding diaryl/α,β-unsaturated/α-hetero) is 1. The van der Waals surface area contributed by atoms with E-state index < -0.39 is 17.5 Å². The predicted molar refractivity (Wildman–Crippen MR) is 118 cm³/mol. The van der Waals surface area contributed by atoms with Crippen LogP contribution in [-0.2, 0) is 10.3 Å². The van der Waals surface area contributed by atoms with Crippen LogP contribution >= 0.6 is 0 Å². The van der Waals surface area contributed by atoms with E-state index in [2.05, 4.69) is 9.88 Å². The highest BCUT2D eigenvalue weighted by atomic mass is 16.2. The van der Waals surface area contributed by atoms with E-state index in [1.165, 1.54) is 0 Å². The van der Waals surface area contributed by atoms with E-state index in [1.54, 1.807) is 6.92 Å². The van der Waals surface area contributed by atoms with Gasteiger partial charge in [-0.25, -0.2) is 4.79 Å². The summed E-state index contributed by atoms with van der Waals surface area (Å²) in [5.41, 5.74) is 2.05. The van der Waals surface area contributed by atoms with Gasteiger partial charge in [0.05, 0.1) is 6.54 Å². The Kier molecular flexibility index (Phi) is 4.29. The third kappa shape index (κ3) is 2.97. The lowest BCUT2D eigenvalue weighted by molar-refractivity contribution is -0.130. The van der Waals surface area contributed by atoms with Crippen molar-refractivity contribution in [3.63, 3.8) is 0 Å². The number of ketones is 1. The minimum atomic E-state index is -1.22. The van der Waals surface area contributed by atoms with Gasteiger partial charge >= 0.3 is 6.03 Å². The van der Waals surface area contributed by atoms with Gasteiger partial charge in [-0.3, -0.25) is 14.5 Å². The largest absolute Gasteiger partial charge is 0.345 e. The summed E-state index contributed by atoms with van der Waals surface area (Å²) < 4.78 is 2.19. The van der Waals surface area contributed by atoms with Crippen molar-refractivity contribution in [1.29, 1.82) is 0 Å². The molecule has 0 radical (unpaired) electrons. The number of nitrogens with one attached hydrogen (secondary N) is 1. The SMILES string of the molecule is Cc1cc(C(=O)CN2C(=O)N[C@](C)(c3cccc4ccccc34)C2=O)c(C)n1C1CC1. The Morgan fingerprint density at radius 1 is 1.10 bits per heavy atom. The first-order valence-electron chi connectivity index (χ1n) is 10.6. The van der Waals surface area contributed by atoms with E-state index in [1.807, 2.05) is 62.4 Å². The summed E-state index contributed by atoms with van der Waals surface area (Å²) in [6.07, 6.45) is 2.25. The van der Waals surface area contributed by atoms with Crippen LogP contribution in [0, 0.1) is 13.8 Å². The van der Waals surface area contributed by atoms with E-state index >= 15 is 0 Å². The van der Waals surface area contributed by atoms with Crippen LogP contribution in [0.4, 0.5) is 4.79 Å². The van der Waals surface area contributed by atoms with Gasteiger partial charge in [-0.2, -0.15) is 0 Å². The van der Waals surface area contributed by atoms with Gasteiger partial charge in [0, 0.05) is 23.0 Å². The van der Waals surface area contributed by atoms with Crippen molar-refractivity contribution in [1.82, 2.24) is 14.8 Å². The van der Waals surface area contributed by atoms with Gasteiger partial charge in [0.25, 0.3) is 5.91 Å². The number of carbonyl (C=O) groups is 3. The van der Waals surface area contributed by atoms with Crippen LogP contribution in [-0.4, -0.2) is 33.7 Å². The number of carbonyl (C=O) groups excluding carboxylic acids is 3. The first-order chi connectivity index (χ1) is 14.8. The topological polar surface area (TPSA) is 71.4 Å². The molecule has 1 N–H and O–H groups in total. The van der Waals surface area contributed by atoms with Gasteiger partial charge in [-0.1, -0.05) is 42.5 Å². The molecule has 2 heterocycles. The van der Waals surface area contributed by atoms with Crippen molar-refractivity contribution in [2.75, 3.05) is 6.54 Å². The number of hydrogen-bond donors (Lipinski definition) is 1. The second-order valence-corrected chi connectivity index (χ2v) is 8.78. The minimum absolute atomic E-state index is 0.217. The molecule has 5 rings (SSSR count). The molecule has 2 aliphatic rings. The average Bonchev–Trinajstić information content (AvgIpc) is 3.50. The molecule has 0 spiro atoms. The molecular formula is C25H25N3O3. The smallest absolute Gasteiger partial charge is 0.325 e. The maximum absolute atomic E-state index is 13.4. The van der Waals surface area contributed by atoms with E-state index in [0.717, 1.165) is 45.5 Å². The van der Waals surface area contributed by atoms with Crippen LogP contribution in [0.2, 0.25) is 0 Å². The number of nitrogens with zero attached hydrogens (tertiary/aromatic N) is 2. The van der Waals surface area contributed by atoms with Crippen LogP contribution < -0.4 is 5.32 Å². The normalized spacial score (nSPS) is 21.1. The highest BCUT2D eigenvalue weighted by Gasteiger charge is 2.50. The third-order valence-electron chi connectivity index (χ3n) is 6.60. The molecule has 1 aliphatic heterocycles. The Balaban J connectivity index is 1.45. The fraction of sp³-hybridized carbons (Fsp3) is 0.320. The zero-order valence-electron chi connectivity index (χ0n) is 17.9. The second-order valence-electron chi connectivity index (χ2n) is 8.78. The summed E-state index contributed by atoms with van der Waals surface area (Å²) in [4.78, 5) is 40.3. The summed E-state index contributed by atoms with van der Waals surface area (Å²) in [6, 6.07) is 15.3. The second kappa shape index (κ2) is 6.80. The Labute approximate surface area is 180 Å². The van der Waals surface area contributed by atoms with Crippen molar-refractivity contribution in [2.24, 2.45) is 0 Å². The predicted octanol–water partition coefficient (Wildman–Crippen LogP) is 4.24. The van der Waals surface area contributed by atoms with E-state index in [9.17, 15) is 14.4 Å². The molecule has 2 aromatic carbocycles. The van der Waals surface area contributed by atoms with Crippen LogP contribution in [0.25, 0.3) is 10.8 Å². The van der Waals surface area contributed by atoms with Crippen LogP contribution in [0.5, 0.6) is 0 Å². The van der Waals surface area contributed by atoms with Gasteiger partial charge in [0.1, 0.15) is 5.54 Å². The lowest BCUT2D eigenvalue weighted by Crippen LogP contribution is -2.41. The van der Waals surface area contributed by atoms with Gasteiger partial charge in [-0.15, -0.1) is 0 Å². The van der Waals surface area contributed by atoms with E-state index in [0.29, 0.717) is 11.6 Å². The molecule has 1 saturated heterocycles. The number of amides is 3. The fourth-order valence-corrected chi connectivity index (χ4v) is 4.87. The molecule has 0 unspecified atom stereocenters. The van der Waals surface area contributed by atoms with Gasteiger partial charge in [-0.05, 0) is 56.0 Å². The Bertz CT molecular complexity index is 1250. The lowest BCUT2D eigenvalue weighted by atomic mass is 9.88. The van der Waals surface area contributed by atoms with Crippen molar-refractivity contribution in [3.05, 3.63) is 71.0 Å². The van der Waals surface area contributed by atoms with Crippen molar-refractivity contribution < 1.29 is 14.4 Å². The Morgan fingerprint density at radius 2 is 1.81 bits per heavy atom. The van der Waals surface area contributed by atoms with Crippen molar-refractivity contribution in [3.8, 4) is 0 Å². The highest BCUT2D eigenvalue weighted by molar-refractivity contribution is 6.12. The number of rotatable bonds is 5. The molecule has 1 saturated carbocycles. The molecule has 158 valence electrons. The lowest BCUT2D eigenvalue weighted by Gasteiger charge is -2.24. The quantitative estimate of drug-likeness (QED) is 0.500. The maximum Gasteiger partial charge on any atom is 0.325 e. The van der Waals surface area contributed by atoms with Crippen LogP contribution in [0.1, 0.15) is 53.1 Å². The molecule has 1 atom stereocenters. The third-order valence-corrected chi connectivity index (χ3v) is 6.60. The van der Waals surface area contributed by atoms with Crippen LogP contribution in [0.3, 0.4) is 0 Å². The highest BCUT2D eigenvalue weighted by Crippen LogP contribution is 2.39. The Morgan fingerprint density at radius 3 is 2.55 bits per heavy atom. The first-order valence-corrected chi connectivity index (χ1v) is 10.6. The number of urea groups is 1. The molecular weight excluding hydrogens is 390 g/mol. The van der Waals surface area contributed by atoms with Gasteiger partial charge < -0.3 is 9.88 Å². The van der Waals surface area contributed by atoms with Gasteiger partial charge in [0.2, 0.25) is 0 Å². The number of hydrogen-bond acceptors (Lipinski definition) is 3. The summed E-state index contributed by atoms with van der Waals surface area (Å²) in [5, 5.41) is 4.73. The summed E-state index contributed by atoms with van der Waals surface area (Å²) in [5.74, 6) is -0.621. The first kappa shape index (κ1) is 19.5. The molecule has 1 aromatic heterocycles. The van der Waals surface area contributed by atoms with Crippen molar-refractivity contribution in [2.45, 2.75) is 45.2 Å². The molecule has 6 nitrogen and oxygen atoms in total. The molecule has 3 aromatic rings. The summed E-state index contributed by atoms with van der Waals surface area (Å²) >= 11 is 0. The minimum Gasteiger partial charge on any atom is -0.345 e. The van der Waals surface area contributed by atoms with Crippen molar-refractivity contribution >= 4 is 28.5 Å². The monoisotopic (exact) mass is 415 g/mol. The number of benzene rings is 2. The average molecular weight is 415 g/mol. The van der Waals surface area contributed by atoms with E-state index in [4.69, 9.17) is 0 Å². The van der Waals surface area contributed by atoms with E-state index in [-0.39, 0.29) is 12.3 Å². The zero-order valence-corrected chi connectivity index (χ0v) is 17.9. The fourth-order valence-electron chi connectivity index (χ4n) is 4.87. The number of fused-ring (bicyclic) bond motifs is 1. The molecule has 0 bridgehead atoms. The zero-order chi connectivity index (χ0) is 21.9. The molecule has 3 amide bonds. The molecule has 6 heteroatoms. The number of aromatic nitrogens is 1. The standard InChI is InChI=1S/C25H25N3O3/c1-15-13-20(16(2)28(15)18-11-12-18)22(29)14-27-23(30)25(3,26-24(27)31)21-10-6-8-17-7-4-5-9-19(17)21/h4-10,13,18H,11-12,14H2,1-3H3,(H,26,31)/t25-/m1/s1. The van der Waals surface area contributed by atoms with Crippen LogP contribution in [0.15, 0.2) is 48.5 Å². The molecule has 31 heavy (non-hydrogen) atoms. The summed E-state index contributed by atoms with van der Waals surface area (Å²) in [7, 11) is 0. The number of imide groups is 1. The summed E-state index contributed by atoms with van der Waals surface area (Å²) in [6.45, 7) is 5.37. The molecule has 1 aliphatic carbocycles. The van der Waals surface area contributed by atoms with Gasteiger partial charge in [0.15, 0.2) is 5.78 Å². The molecule has 2 fully saturated rings. The number of aryl methyl sites for hydroxylation is 1.